The van der Waals surface area contributed by atoms with Crippen LogP contribution in [0, 0.1) is 13.8 Å². The number of nitrogens with zero attached hydrogens (tertiary/aromatic N) is 3. The van der Waals surface area contributed by atoms with E-state index < -0.39 is 11.5 Å². The molecule has 0 bridgehead atoms. The average Bonchev–Trinajstić information content (AvgIpc) is 3.07. The van der Waals surface area contributed by atoms with Gasteiger partial charge < -0.3 is 4.74 Å². The first-order valence-electron chi connectivity index (χ1n) is 7.35. The Morgan fingerprint density at radius 1 is 1.24 bits per heavy atom. The van der Waals surface area contributed by atoms with Crippen molar-refractivity contribution in [1.29, 1.82) is 0 Å². The van der Waals surface area contributed by atoms with Gasteiger partial charge in [0.25, 0.3) is 11.5 Å². The van der Waals surface area contributed by atoms with Crippen LogP contribution in [0.5, 0.6) is 5.75 Å². The van der Waals surface area contributed by atoms with Crippen molar-refractivity contribution in [2.24, 2.45) is 0 Å². The molecule has 3 aromatic rings. The predicted molar refractivity (Wildman–Crippen MR) is 94.2 cm³/mol. The minimum atomic E-state index is -0.541. The number of rotatable bonds is 4. The lowest BCUT2D eigenvalue weighted by Crippen LogP contribution is -2.26. The largest absolute Gasteiger partial charge is 0.497 e. The van der Waals surface area contributed by atoms with E-state index in [0.29, 0.717) is 22.2 Å². The molecule has 8 nitrogen and oxygen atoms in total. The van der Waals surface area contributed by atoms with Gasteiger partial charge in [-0.1, -0.05) is 0 Å². The molecule has 0 unspecified atom stereocenters. The number of H-pyrrole nitrogens is 1. The number of ether oxygens (including phenoxy) is 1. The van der Waals surface area contributed by atoms with E-state index in [4.69, 9.17) is 4.74 Å². The lowest BCUT2D eigenvalue weighted by molar-refractivity contribution is 0.102. The first-order chi connectivity index (χ1) is 12.0. The molecule has 2 heterocycles. The van der Waals surface area contributed by atoms with Crippen LogP contribution in [-0.2, 0) is 0 Å². The number of aryl methyl sites for hydroxylation is 1. The second-order valence-electron chi connectivity index (χ2n) is 5.24. The van der Waals surface area contributed by atoms with Crippen LogP contribution in [0.25, 0.3) is 11.4 Å². The van der Waals surface area contributed by atoms with Crippen molar-refractivity contribution in [3.63, 3.8) is 0 Å². The van der Waals surface area contributed by atoms with Crippen LogP contribution in [0.3, 0.4) is 0 Å². The highest BCUT2D eigenvalue weighted by atomic mass is 32.1. The predicted octanol–water partition coefficient (Wildman–Crippen LogP) is 2.17. The summed E-state index contributed by atoms with van der Waals surface area (Å²) in [6.07, 6.45) is 0. The maximum Gasteiger partial charge on any atom is 0.277 e. The molecule has 0 atom stereocenters. The fourth-order valence-corrected chi connectivity index (χ4v) is 2.78. The van der Waals surface area contributed by atoms with Gasteiger partial charge in [-0.25, -0.2) is 5.10 Å². The number of nitrogens with one attached hydrogen (secondary N) is 2. The third-order valence-electron chi connectivity index (χ3n) is 3.69. The van der Waals surface area contributed by atoms with E-state index in [2.05, 4.69) is 24.9 Å². The zero-order valence-electron chi connectivity index (χ0n) is 13.8. The first kappa shape index (κ1) is 16.8. The normalized spacial score (nSPS) is 10.5. The Balaban J connectivity index is 1.83. The molecule has 9 heteroatoms. The zero-order chi connectivity index (χ0) is 18.0. The van der Waals surface area contributed by atoms with Crippen molar-refractivity contribution in [2.45, 2.75) is 13.8 Å². The number of amides is 1. The quantitative estimate of drug-likeness (QED) is 0.740. The number of anilines is 1. The van der Waals surface area contributed by atoms with Crippen LogP contribution < -0.4 is 15.6 Å². The lowest BCUT2D eigenvalue weighted by atomic mass is 10.1. The third-order valence-corrected chi connectivity index (χ3v) is 4.32. The summed E-state index contributed by atoms with van der Waals surface area (Å²) in [5.74, 6) is 0.677. The topological polar surface area (TPSA) is 110 Å². The summed E-state index contributed by atoms with van der Waals surface area (Å²) < 4.78 is 9.34. The molecule has 0 fully saturated rings. The zero-order valence-corrected chi connectivity index (χ0v) is 14.6. The molecule has 128 valence electrons. The van der Waals surface area contributed by atoms with E-state index in [0.717, 1.165) is 22.8 Å². The van der Waals surface area contributed by atoms with Gasteiger partial charge in [-0.3, -0.25) is 14.9 Å². The van der Waals surface area contributed by atoms with E-state index in [1.165, 1.54) is 0 Å². The number of methoxy groups -OCH3 is 1. The monoisotopic (exact) mass is 357 g/mol. The van der Waals surface area contributed by atoms with Crippen molar-refractivity contribution in [3.8, 4) is 17.1 Å². The van der Waals surface area contributed by atoms with Crippen LogP contribution >= 0.6 is 11.5 Å². The Morgan fingerprint density at radius 2 is 1.96 bits per heavy atom. The minimum Gasteiger partial charge on any atom is -0.497 e. The highest BCUT2D eigenvalue weighted by Gasteiger charge is 2.18. The SMILES string of the molecule is COc1ccc(-c2nsc(NC(=O)c3c(C)c(C)n[nH]c3=O)n2)cc1. The van der Waals surface area contributed by atoms with Gasteiger partial charge >= 0.3 is 0 Å². The molecule has 25 heavy (non-hydrogen) atoms. The van der Waals surface area contributed by atoms with E-state index in [1.807, 2.05) is 12.1 Å². The number of aromatic amines is 1. The molecule has 1 amide bonds. The summed E-state index contributed by atoms with van der Waals surface area (Å²) in [7, 11) is 1.59. The molecule has 0 spiro atoms. The van der Waals surface area contributed by atoms with Gasteiger partial charge in [0.15, 0.2) is 5.82 Å². The highest BCUT2D eigenvalue weighted by Crippen LogP contribution is 2.23. The van der Waals surface area contributed by atoms with Crippen molar-refractivity contribution < 1.29 is 9.53 Å². The van der Waals surface area contributed by atoms with Gasteiger partial charge in [-0.2, -0.15) is 14.5 Å². The van der Waals surface area contributed by atoms with Gasteiger partial charge in [0, 0.05) is 17.1 Å². The van der Waals surface area contributed by atoms with Crippen LogP contribution in [0.2, 0.25) is 0 Å². The van der Waals surface area contributed by atoms with Gasteiger partial charge in [0.2, 0.25) is 5.13 Å². The molecule has 3 rings (SSSR count). The van der Waals surface area contributed by atoms with Crippen molar-refractivity contribution in [1.82, 2.24) is 19.6 Å². The smallest absolute Gasteiger partial charge is 0.277 e. The second-order valence-corrected chi connectivity index (χ2v) is 6.00. The van der Waals surface area contributed by atoms with Crippen LogP contribution in [0.4, 0.5) is 5.13 Å². The molecule has 0 aliphatic carbocycles. The number of benzene rings is 1. The van der Waals surface area contributed by atoms with Gasteiger partial charge in [-0.15, -0.1) is 0 Å². The number of carbonyl (C=O) groups excluding carboxylic acids is 1. The fraction of sp³-hybridized carbons (Fsp3) is 0.188. The molecule has 0 radical (unpaired) electrons. The molecule has 0 aliphatic rings. The van der Waals surface area contributed by atoms with Gasteiger partial charge in [-0.05, 0) is 43.7 Å². The Kier molecular flexibility index (Phi) is 4.57. The Hall–Kier alpha value is -3.07. The number of aromatic nitrogens is 4. The van der Waals surface area contributed by atoms with E-state index >= 15 is 0 Å². The van der Waals surface area contributed by atoms with E-state index in [1.54, 1.807) is 33.1 Å². The van der Waals surface area contributed by atoms with E-state index in [9.17, 15) is 9.59 Å². The maximum absolute atomic E-state index is 12.4. The molecule has 0 aliphatic heterocycles. The Labute approximate surface area is 147 Å². The minimum absolute atomic E-state index is 0.0219. The third kappa shape index (κ3) is 3.41. The molecule has 1 aromatic carbocycles. The van der Waals surface area contributed by atoms with Crippen molar-refractivity contribution >= 4 is 22.6 Å². The van der Waals surface area contributed by atoms with Crippen molar-refractivity contribution in [2.75, 3.05) is 12.4 Å². The molecule has 0 saturated carbocycles. The van der Waals surface area contributed by atoms with Crippen LogP contribution in [-0.4, -0.2) is 32.6 Å². The maximum atomic E-state index is 12.4. The summed E-state index contributed by atoms with van der Waals surface area (Å²) in [5.41, 5.74) is 1.39. The highest BCUT2D eigenvalue weighted by molar-refractivity contribution is 7.10. The van der Waals surface area contributed by atoms with Crippen LogP contribution in [0.1, 0.15) is 21.6 Å². The molecular weight excluding hydrogens is 342 g/mol. The molecule has 2 aromatic heterocycles. The molecule has 0 saturated heterocycles. The fourth-order valence-electron chi connectivity index (χ4n) is 2.19. The van der Waals surface area contributed by atoms with Gasteiger partial charge in [0.1, 0.15) is 11.3 Å². The standard InChI is InChI=1S/C16H15N5O3S/c1-8-9(2)19-20-15(23)12(8)14(22)18-16-17-13(21-25-16)10-4-6-11(24-3)7-5-10/h4-7H,1-3H3,(H,20,23)(H,17,18,21,22). The summed E-state index contributed by atoms with van der Waals surface area (Å²) >= 11 is 1.04. The lowest BCUT2D eigenvalue weighted by Gasteiger charge is -2.05. The van der Waals surface area contributed by atoms with Crippen LogP contribution in [0.15, 0.2) is 29.1 Å². The summed E-state index contributed by atoms with van der Waals surface area (Å²) in [4.78, 5) is 28.6. The molecule has 2 N–H and O–H groups in total. The van der Waals surface area contributed by atoms with Crippen molar-refractivity contribution in [3.05, 3.63) is 51.4 Å². The number of hydrogen-bond donors (Lipinski definition) is 2. The Morgan fingerprint density at radius 3 is 2.64 bits per heavy atom. The van der Waals surface area contributed by atoms with Gasteiger partial charge in [0.05, 0.1) is 12.8 Å². The molecular formula is C16H15N5O3S. The second kappa shape index (κ2) is 6.81. The number of carbonyl (C=O) groups is 1. The Bertz CT molecular complexity index is 978. The first-order valence-corrected chi connectivity index (χ1v) is 8.12. The summed E-state index contributed by atoms with van der Waals surface area (Å²) in [5, 5.41) is 9.06. The summed E-state index contributed by atoms with van der Waals surface area (Å²) in [6, 6.07) is 7.26. The van der Waals surface area contributed by atoms with E-state index in [-0.39, 0.29) is 5.56 Å². The number of hydrogen-bond acceptors (Lipinski definition) is 7. The average molecular weight is 357 g/mol. The summed E-state index contributed by atoms with van der Waals surface area (Å²) in [6.45, 7) is 3.39.